The molecule has 0 aliphatic rings. The lowest BCUT2D eigenvalue weighted by atomic mass is 9.81. The van der Waals surface area contributed by atoms with Crippen molar-refractivity contribution in [2.24, 2.45) is 0 Å². The predicted molar refractivity (Wildman–Crippen MR) is 83.0 cm³/mol. The molecule has 0 bridgehead atoms. The first-order valence-electron chi connectivity index (χ1n) is 6.03. The van der Waals surface area contributed by atoms with E-state index in [1.54, 1.807) is 0 Å². The van der Waals surface area contributed by atoms with Gasteiger partial charge in [-0.2, -0.15) is 0 Å². The van der Waals surface area contributed by atoms with Crippen molar-refractivity contribution < 1.29 is 4.74 Å². The quantitative estimate of drug-likeness (QED) is 0.628. The van der Waals surface area contributed by atoms with Crippen LogP contribution in [0.3, 0.4) is 0 Å². The first-order valence-corrected chi connectivity index (χ1v) is 7.90. The second kappa shape index (κ2) is 7.74. The van der Waals surface area contributed by atoms with Crippen LogP contribution in [0.2, 0.25) is 0 Å². The lowest BCUT2D eigenvalue weighted by Crippen LogP contribution is -2.32. The third-order valence-corrected chi connectivity index (χ3v) is 4.55. The van der Waals surface area contributed by atoms with E-state index in [0.29, 0.717) is 18.4 Å². The van der Waals surface area contributed by atoms with Gasteiger partial charge >= 0.3 is 0 Å². The smallest absolute Gasteiger partial charge is 0.0518 e. The van der Waals surface area contributed by atoms with E-state index in [2.05, 4.69) is 28.1 Å². The van der Waals surface area contributed by atoms with Crippen molar-refractivity contribution in [3.05, 3.63) is 34.3 Å². The number of alkyl halides is 2. The van der Waals surface area contributed by atoms with Gasteiger partial charge in [0.25, 0.3) is 0 Å². The Morgan fingerprint density at radius 3 is 2.17 bits per heavy atom. The van der Waals surface area contributed by atoms with Crippen LogP contribution in [0.1, 0.15) is 25.8 Å². The second-order valence-electron chi connectivity index (χ2n) is 4.72. The summed E-state index contributed by atoms with van der Waals surface area (Å²) in [4.78, 5) is 0. The van der Waals surface area contributed by atoms with Gasteiger partial charge in [-0.05, 0) is 38.0 Å². The van der Waals surface area contributed by atoms with Gasteiger partial charge in [-0.25, -0.2) is 0 Å². The molecule has 0 heterocycles. The molecule has 0 amide bonds. The monoisotopic (exact) mass is 352 g/mol. The largest absolute Gasteiger partial charge is 0.379 e. The molecule has 1 aromatic rings. The fraction of sp³-hybridized carbons (Fsp3) is 0.571. The summed E-state index contributed by atoms with van der Waals surface area (Å²) in [6, 6.07) is 8.19. The van der Waals surface area contributed by atoms with E-state index in [-0.39, 0.29) is 11.5 Å². The molecule has 0 unspecified atom stereocenters. The van der Waals surface area contributed by atoms with E-state index in [1.807, 2.05) is 26.0 Å². The first kappa shape index (κ1) is 16.3. The molecule has 1 rings (SSSR count). The number of hydrogen-bond acceptors (Lipinski definition) is 1. The minimum absolute atomic E-state index is 0.210. The van der Waals surface area contributed by atoms with E-state index in [1.165, 1.54) is 5.56 Å². The highest BCUT2D eigenvalue weighted by molar-refractivity contribution is 9.10. The third kappa shape index (κ3) is 4.41. The van der Waals surface area contributed by atoms with Gasteiger partial charge in [0.1, 0.15) is 0 Å². The van der Waals surface area contributed by atoms with Crippen LogP contribution in [-0.4, -0.2) is 24.5 Å². The molecule has 0 aromatic heterocycles. The zero-order valence-corrected chi connectivity index (χ0v) is 13.9. The van der Waals surface area contributed by atoms with Crippen LogP contribution >= 0.6 is 39.1 Å². The topological polar surface area (TPSA) is 9.23 Å². The molecule has 0 radical (unpaired) electrons. The average molecular weight is 354 g/mol. The molecule has 0 saturated carbocycles. The standard InChI is InChI=1S/C14H19BrCl2O/c1-11(2)18-8-7-14(9-16,10-17)12-3-5-13(15)6-4-12/h3-6,11H,7-10H2,1-2H3. The molecule has 4 heteroatoms. The minimum atomic E-state index is -0.210. The number of halogens is 3. The summed E-state index contributed by atoms with van der Waals surface area (Å²) in [6.07, 6.45) is 1.07. The van der Waals surface area contributed by atoms with Gasteiger partial charge in [0, 0.05) is 28.3 Å². The van der Waals surface area contributed by atoms with Gasteiger partial charge in [-0.3, -0.25) is 0 Å². The predicted octanol–water partition coefficient (Wildman–Crippen LogP) is 4.98. The summed E-state index contributed by atoms with van der Waals surface area (Å²) in [6.45, 7) is 4.73. The van der Waals surface area contributed by atoms with Crippen LogP contribution in [0.15, 0.2) is 28.7 Å². The maximum atomic E-state index is 6.16. The fourth-order valence-corrected chi connectivity index (χ4v) is 2.89. The Morgan fingerprint density at radius 2 is 1.72 bits per heavy atom. The highest BCUT2D eigenvalue weighted by Gasteiger charge is 2.30. The summed E-state index contributed by atoms with van der Waals surface area (Å²) in [5, 5.41) is 0. The number of benzene rings is 1. The van der Waals surface area contributed by atoms with Gasteiger partial charge in [-0.15, -0.1) is 23.2 Å². The molecular formula is C14H19BrCl2O. The van der Waals surface area contributed by atoms with E-state index >= 15 is 0 Å². The van der Waals surface area contributed by atoms with Crippen molar-refractivity contribution in [1.29, 1.82) is 0 Å². The van der Waals surface area contributed by atoms with Crippen molar-refractivity contribution in [2.75, 3.05) is 18.4 Å². The van der Waals surface area contributed by atoms with E-state index < -0.39 is 0 Å². The van der Waals surface area contributed by atoms with Gasteiger partial charge < -0.3 is 4.74 Å². The molecule has 0 fully saturated rings. The van der Waals surface area contributed by atoms with Crippen LogP contribution in [0.25, 0.3) is 0 Å². The van der Waals surface area contributed by atoms with Crippen molar-refractivity contribution in [1.82, 2.24) is 0 Å². The molecule has 0 atom stereocenters. The first-order chi connectivity index (χ1) is 8.54. The van der Waals surface area contributed by atoms with Gasteiger partial charge in [0.15, 0.2) is 0 Å². The van der Waals surface area contributed by atoms with Crippen LogP contribution in [-0.2, 0) is 10.2 Å². The number of hydrogen-bond donors (Lipinski definition) is 0. The fourth-order valence-electron chi connectivity index (χ4n) is 1.76. The number of ether oxygens (including phenoxy) is 1. The molecule has 0 saturated heterocycles. The van der Waals surface area contributed by atoms with E-state index in [9.17, 15) is 0 Å². The summed E-state index contributed by atoms with van der Waals surface area (Å²) in [5.74, 6) is 0.999. The van der Waals surface area contributed by atoms with Gasteiger partial charge in [-0.1, -0.05) is 28.1 Å². The van der Waals surface area contributed by atoms with Crippen LogP contribution in [0, 0.1) is 0 Å². The zero-order valence-electron chi connectivity index (χ0n) is 10.8. The highest BCUT2D eigenvalue weighted by atomic mass is 79.9. The summed E-state index contributed by atoms with van der Waals surface area (Å²) >= 11 is 15.8. The Morgan fingerprint density at radius 1 is 1.17 bits per heavy atom. The van der Waals surface area contributed by atoms with Crippen molar-refractivity contribution in [3.8, 4) is 0 Å². The molecule has 0 aliphatic heterocycles. The third-order valence-electron chi connectivity index (χ3n) is 3.00. The highest BCUT2D eigenvalue weighted by Crippen LogP contribution is 2.32. The Balaban J connectivity index is 2.81. The van der Waals surface area contributed by atoms with Crippen LogP contribution in [0.5, 0.6) is 0 Å². The van der Waals surface area contributed by atoms with Crippen molar-refractivity contribution in [2.45, 2.75) is 31.8 Å². The molecule has 0 aliphatic carbocycles. The molecule has 1 aromatic carbocycles. The Hall–Kier alpha value is 0.240. The van der Waals surface area contributed by atoms with Crippen LogP contribution < -0.4 is 0 Å². The van der Waals surface area contributed by atoms with Crippen molar-refractivity contribution in [3.63, 3.8) is 0 Å². The van der Waals surface area contributed by atoms with Gasteiger partial charge in [0.05, 0.1) is 6.10 Å². The maximum absolute atomic E-state index is 6.16. The zero-order chi connectivity index (χ0) is 13.6. The minimum Gasteiger partial charge on any atom is -0.379 e. The normalized spacial score (nSPS) is 12.1. The Labute approximate surface area is 128 Å². The van der Waals surface area contributed by atoms with Crippen LogP contribution in [0.4, 0.5) is 0 Å². The van der Waals surface area contributed by atoms with E-state index in [4.69, 9.17) is 27.9 Å². The summed E-state index contributed by atoms with van der Waals surface area (Å²) in [5.41, 5.74) is 0.960. The maximum Gasteiger partial charge on any atom is 0.0518 e. The second-order valence-corrected chi connectivity index (χ2v) is 6.17. The van der Waals surface area contributed by atoms with E-state index in [0.717, 1.165) is 10.9 Å². The summed E-state index contributed by atoms with van der Waals surface area (Å²) in [7, 11) is 0. The lowest BCUT2D eigenvalue weighted by molar-refractivity contribution is 0.0677. The summed E-state index contributed by atoms with van der Waals surface area (Å²) < 4.78 is 6.68. The Bertz CT molecular complexity index is 347. The molecule has 102 valence electrons. The molecule has 18 heavy (non-hydrogen) atoms. The molecule has 0 spiro atoms. The number of rotatable bonds is 7. The molecule has 0 N–H and O–H groups in total. The Kier molecular flexibility index (Phi) is 7.01. The lowest BCUT2D eigenvalue weighted by Gasteiger charge is -2.30. The van der Waals surface area contributed by atoms with Crippen molar-refractivity contribution >= 4 is 39.1 Å². The average Bonchev–Trinajstić information content (AvgIpc) is 2.36. The SMILES string of the molecule is CC(C)OCCC(CCl)(CCl)c1ccc(Br)cc1. The van der Waals surface area contributed by atoms with Gasteiger partial charge in [0.2, 0.25) is 0 Å². The molecule has 1 nitrogen and oxygen atoms in total. The molecular weight excluding hydrogens is 335 g/mol.